The third-order valence-electron chi connectivity index (χ3n) is 4.62. The number of anilines is 1. The molecule has 146 valence electrons. The summed E-state index contributed by atoms with van der Waals surface area (Å²) in [4.78, 5) is 25.6. The lowest BCUT2D eigenvalue weighted by atomic mass is 10.0. The Morgan fingerprint density at radius 1 is 1.30 bits per heavy atom. The van der Waals surface area contributed by atoms with Gasteiger partial charge in [0.25, 0.3) is 11.5 Å². The highest BCUT2D eigenvalue weighted by Crippen LogP contribution is 2.21. The van der Waals surface area contributed by atoms with Crippen molar-refractivity contribution in [1.29, 1.82) is 0 Å². The predicted octanol–water partition coefficient (Wildman–Crippen LogP) is 2.90. The van der Waals surface area contributed by atoms with Crippen LogP contribution in [-0.2, 0) is 0 Å². The second kappa shape index (κ2) is 9.01. The SMILES string of the molecule is COc1cc(F)cc(NC(=O)c2c(C)ccn(C3CCNCC3)c2=O)c1.Cl. The van der Waals surface area contributed by atoms with Crippen LogP contribution in [0, 0.1) is 12.7 Å². The van der Waals surface area contributed by atoms with E-state index in [0.717, 1.165) is 25.9 Å². The van der Waals surface area contributed by atoms with Crippen LogP contribution in [0.4, 0.5) is 10.1 Å². The van der Waals surface area contributed by atoms with E-state index in [0.29, 0.717) is 5.56 Å². The monoisotopic (exact) mass is 395 g/mol. The molecule has 3 rings (SSSR count). The molecular weight excluding hydrogens is 373 g/mol. The van der Waals surface area contributed by atoms with Gasteiger partial charge in [0, 0.05) is 30.1 Å². The highest BCUT2D eigenvalue weighted by atomic mass is 35.5. The summed E-state index contributed by atoms with van der Waals surface area (Å²) in [6, 6.07) is 5.75. The Morgan fingerprint density at radius 2 is 2.00 bits per heavy atom. The first-order valence-electron chi connectivity index (χ1n) is 8.58. The molecule has 1 aromatic carbocycles. The number of carbonyl (C=O) groups excluding carboxylic acids is 1. The van der Waals surface area contributed by atoms with Crippen molar-refractivity contribution in [2.75, 3.05) is 25.5 Å². The van der Waals surface area contributed by atoms with Gasteiger partial charge >= 0.3 is 0 Å². The van der Waals surface area contributed by atoms with Gasteiger partial charge in [-0.25, -0.2) is 4.39 Å². The van der Waals surface area contributed by atoms with E-state index in [1.165, 1.54) is 25.3 Å². The third kappa shape index (κ3) is 4.67. The number of piperidine rings is 1. The van der Waals surface area contributed by atoms with Crippen LogP contribution < -0.4 is 20.9 Å². The maximum atomic E-state index is 13.6. The normalized spacial score (nSPS) is 14.3. The van der Waals surface area contributed by atoms with Crippen molar-refractivity contribution in [2.45, 2.75) is 25.8 Å². The molecule has 1 saturated heterocycles. The molecule has 1 aromatic heterocycles. The average Bonchev–Trinajstić information content (AvgIpc) is 2.62. The maximum absolute atomic E-state index is 13.6. The summed E-state index contributed by atoms with van der Waals surface area (Å²) in [6.07, 6.45) is 3.42. The summed E-state index contributed by atoms with van der Waals surface area (Å²) in [5.74, 6) is -0.794. The first-order valence-corrected chi connectivity index (χ1v) is 8.58. The molecule has 1 aliphatic heterocycles. The Kier molecular flexibility index (Phi) is 6.98. The van der Waals surface area contributed by atoms with Gasteiger partial charge < -0.3 is 19.9 Å². The number of ether oxygens (including phenoxy) is 1. The molecule has 1 amide bonds. The lowest BCUT2D eigenvalue weighted by Gasteiger charge is -2.25. The number of benzene rings is 1. The number of aryl methyl sites for hydroxylation is 1. The molecule has 0 radical (unpaired) electrons. The van der Waals surface area contributed by atoms with E-state index in [1.807, 2.05) is 0 Å². The molecule has 2 aromatic rings. The van der Waals surface area contributed by atoms with Crippen molar-refractivity contribution in [3.05, 3.63) is 57.8 Å². The second-order valence-electron chi connectivity index (χ2n) is 6.40. The summed E-state index contributed by atoms with van der Waals surface area (Å²) in [5.41, 5.74) is 0.580. The molecule has 27 heavy (non-hydrogen) atoms. The van der Waals surface area contributed by atoms with Gasteiger partial charge in [-0.05, 0) is 50.6 Å². The van der Waals surface area contributed by atoms with E-state index in [-0.39, 0.29) is 41.0 Å². The van der Waals surface area contributed by atoms with Crippen molar-refractivity contribution >= 4 is 24.0 Å². The number of carbonyl (C=O) groups is 1. The van der Waals surface area contributed by atoms with Crippen LogP contribution in [0.2, 0.25) is 0 Å². The average molecular weight is 396 g/mol. The Morgan fingerprint density at radius 3 is 2.67 bits per heavy atom. The molecule has 0 bridgehead atoms. The summed E-state index contributed by atoms with van der Waals surface area (Å²) in [5, 5.41) is 5.86. The Bertz CT molecular complexity index is 879. The fourth-order valence-electron chi connectivity index (χ4n) is 3.24. The number of nitrogens with one attached hydrogen (secondary N) is 2. The number of rotatable bonds is 4. The van der Waals surface area contributed by atoms with Crippen LogP contribution in [0.5, 0.6) is 5.75 Å². The van der Waals surface area contributed by atoms with Crippen LogP contribution in [0.3, 0.4) is 0 Å². The number of hydrogen-bond donors (Lipinski definition) is 2. The molecule has 0 unspecified atom stereocenters. The predicted molar refractivity (Wildman–Crippen MR) is 105 cm³/mol. The summed E-state index contributed by atoms with van der Waals surface area (Å²) in [7, 11) is 1.42. The third-order valence-corrected chi connectivity index (χ3v) is 4.62. The number of halogens is 2. The zero-order valence-electron chi connectivity index (χ0n) is 15.3. The quantitative estimate of drug-likeness (QED) is 0.835. The molecule has 2 heterocycles. The van der Waals surface area contributed by atoms with E-state index >= 15 is 0 Å². The first kappa shape index (κ1) is 20.9. The van der Waals surface area contributed by atoms with E-state index in [4.69, 9.17) is 4.74 Å². The topological polar surface area (TPSA) is 72.4 Å². The van der Waals surface area contributed by atoms with Crippen LogP contribution in [0.15, 0.2) is 35.3 Å². The van der Waals surface area contributed by atoms with Crippen molar-refractivity contribution in [3.8, 4) is 5.75 Å². The van der Waals surface area contributed by atoms with Gasteiger partial charge in [0.2, 0.25) is 0 Å². The molecule has 1 fully saturated rings. The lowest BCUT2D eigenvalue weighted by Crippen LogP contribution is -2.37. The van der Waals surface area contributed by atoms with Gasteiger partial charge in [-0.2, -0.15) is 0 Å². The lowest BCUT2D eigenvalue weighted by molar-refractivity contribution is 0.102. The molecule has 6 nitrogen and oxygen atoms in total. The van der Waals surface area contributed by atoms with Gasteiger partial charge in [-0.15, -0.1) is 12.4 Å². The Hall–Kier alpha value is -2.38. The van der Waals surface area contributed by atoms with E-state index in [2.05, 4.69) is 10.6 Å². The minimum Gasteiger partial charge on any atom is -0.497 e. The molecular formula is C19H23ClFN3O3. The van der Waals surface area contributed by atoms with Gasteiger partial charge in [0.15, 0.2) is 0 Å². The summed E-state index contributed by atoms with van der Waals surface area (Å²) < 4.78 is 20.3. The number of aromatic nitrogens is 1. The van der Waals surface area contributed by atoms with Crippen LogP contribution in [0.25, 0.3) is 0 Å². The van der Waals surface area contributed by atoms with E-state index in [9.17, 15) is 14.0 Å². The van der Waals surface area contributed by atoms with Crippen LogP contribution >= 0.6 is 12.4 Å². The Labute approximate surface area is 163 Å². The standard InChI is InChI=1S/C19H22FN3O3.ClH/c1-12-5-8-23(15-3-6-21-7-4-15)19(25)17(12)18(24)22-14-9-13(20)10-16(11-14)26-2;/h5,8-11,15,21H,3-4,6-7H2,1-2H3,(H,22,24);1H. The molecule has 8 heteroatoms. The Balaban J connectivity index is 0.00000261. The maximum Gasteiger partial charge on any atom is 0.263 e. The summed E-state index contributed by atoms with van der Waals surface area (Å²) >= 11 is 0. The van der Waals surface area contributed by atoms with Gasteiger partial charge in [0.1, 0.15) is 17.1 Å². The fraction of sp³-hybridized carbons (Fsp3) is 0.368. The van der Waals surface area contributed by atoms with Crippen molar-refractivity contribution in [1.82, 2.24) is 9.88 Å². The molecule has 1 aliphatic rings. The number of hydrogen-bond acceptors (Lipinski definition) is 4. The highest BCUT2D eigenvalue weighted by molar-refractivity contribution is 6.05. The van der Waals surface area contributed by atoms with Gasteiger partial charge in [-0.3, -0.25) is 9.59 Å². The molecule has 0 spiro atoms. The van der Waals surface area contributed by atoms with Gasteiger partial charge in [0.05, 0.1) is 7.11 Å². The fourth-order valence-corrected chi connectivity index (χ4v) is 3.24. The minimum absolute atomic E-state index is 0. The minimum atomic E-state index is -0.552. The van der Waals surface area contributed by atoms with Crippen LogP contribution in [0.1, 0.15) is 34.8 Å². The summed E-state index contributed by atoms with van der Waals surface area (Å²) in [6.45, 7) is 3.40. The van der Waals surface area contributed by atoms with Crippen molar-refractivity contribution < 1.29 is 13.9 Å². The van der Waals surface area contributed by atoms with Crippen molar-refractivity contribution in [2.24, 2.45) is 0 Å². The zero-order chi connectivity index (χ0) is 18.7. The number of pyridine rings is 1. The number of methoxy groups -OCH3 is 1. The first-order chi connectivity index (χ1) is 12.5. The van der Waals surface area contributed by atoms with Crippen molar-refractivity contribution in [3.63, 3.8) is 0 Å². The van der Waals surface area contributed by atoms with E-state index < -0.39 is 11.7 Å². The zero-order valence-corrected chi connectivity index (χ0v) is 16.1. The smallest absolute Gasteiger partial charge is 0.263 e. The molecule has 0 aliphatic carbocycles. The van der Waals surface area contributed by atoms with Gasteiger partial charge in [-0.1, -0.05) is 0 Å². The molecule has 2 N–H and O–H groups in total. The number of amides is 1. The van der Waals surface area contributed by atoms with E-state index in [1.54, 1.807) is 23.8 Å². The van der Waals surface area contributed by atoms with Crippen LogP contribution in [-0.4, -0.2) is 30.7 Å². The molecule has 0 saturated carbocycles. The molecule has 0 atom stereocenters. The largest absolute Gasteiger partial charge is 0.497 e. The second-order valence-corrected chi connectivity index (χ2v) is 6.40. The number of nitrogens with zero attached hydrogens (tertiary/aromatic N) is 1. The highest BCUT2D eigenvalue weighted by Gasteiger charge is 2.21.